The van der Waals surface area contributed by atoms with Crippen molar-refractivity contribution in [1.29, 1.82) is 0 Å². The van der Waals surface area contributed by atoms with Crippen molar-refractivity contribution in [3.05, 3.63) is 47.1 Å². The SMILES string of the molecule is C=C(C)[C@@H]1CC=C(/C=C2\C[C@@]3(C)C(=CC2=O)CCC[C@@H]3O)CC1. The summed E-state index contributed by atoms with van der Waals surface area (Å²) in [6.45, 7) is 8.28. The Morgan fingerprint density at radius 3 is 2.83 bits per heavy atom. The average Bonchev–Trinajstić information content (AvgIpc) is 2.51. The Morgan fingerprint density at radius 1 is 1.39 bits per heavy atom. The molecule has 3 aliphatic rings. The highest BCUT2D eigenvalue weighted by Crippen LogP contribution is 2.48. The highest BCUT2D eigenvalue weighted by molar-refractivity contribution is 6.06. The van der Waals surface area contributed by atoms with Crippen molar-refractivity contribution in [2.75, 3.05) is 0 Å². The zero-order chi connectivity index (χ0) is 16.6. The van der Waals surface area contributed by atoms with E-state index >= 15 is 0 Å². The van der Waals surface area contributed by atoms with E-state index in [4.69, 9.17) is 0 Å². The van der Waals surface area contributed by atoms with Crippen molar-refractivity contribution in [3.63, 3.8) is 0 Å². The monoisotopic (exact) mass is 312 g/mol. The number of carbonyl (C=O) groups excluding carboxylic acids is 1. The standard InChI is InChI=1S/C21H28O2/c1-14(2)16-9-7-15(8-10-16)11-17-13-21(3)18(12-19(17)22)5-4-6-20(21)23/h7,11-12,16,20,23H,1,4-6,8-10,13H2,2-3H3/b17-11+/t16-,20+,21+/m1/s1. The smallest absolute Gasteiger partial charge is 0.181 e. The molecule has 0 bridgehead atoms. The maximum Gasteiger partial charge on any atom is 0.181 e. The van der Waals surface area contributed by atoms with Crippen LogP contribution in [0.25, 0.3) is 0 Å². The summed E-state index contributed by atoms with van der Waals surface area (Å²) in [6, 6.07) is 0. The first-order chi connectivity index (χ1) is 10.9. The number of rotatable bonds is 2. The molecule has 2 heteroatoms. The van der Waals surface area contributed by atoms with E-state index in [1.165, 1.54) is 11.1 Å². The minimum absolute atomic E-state index is 0.148. The van der Waals surface area contributed by atoms with Gasteiger partial charge in [-0.25, -0.2) is 0 Å². The molecule has 1 saturated carbocycles. The number of hydrogen-bond acceptors (Lipinski definition) is 2. The van der Waals surface area contributed by atoms with Crippen LogP contribution in [0.1, 0.15) is 58.8 Å². The summed E-state index contributed by atoms with van der Waals surface area (Å²) in [5, 5.41) is 10.5. The lowest BCUT2D eigenvalue weighted by atomic mass is 9.63. The molecule has 1 N–H and O–H groups in total. The molecule has 2 nitrogen and oxygen atoms in total. The number of fused-ring (bicyclic) bond motifs is 1. The summed E-state index contributed by atoms with van der Waals surface area (Å²) < 4.78 is 0. The summed E-state index contributed by atoms with van der Waals surface area (Å²) in [5.41, 5.74) is 4.31. The van der Waals surface area contributed by atoms with E-state index in [9.17, 15) is 9.90 Å². The first-order valence-electron chi connectivity index (χ1n) is 8.88. The first kappa shape index (κ1) is 16.4. The lowest BCUT2D eigenvalue weighted by molar-refractivity contribution is -0.112. The summed E-state index contributed by atoms with van der Waals surface area (Å²) >= 11 is 0. The van der Waals surface area contributed by atoms with Crippen LogP contribution in [0.4, 0.5) is 0 Å². The Balaban J connectivity index is 1.83. The topological polar surface area (TPSA) is 37.3 Å². The van der Waals surface area contributed by atoms with Gasteiger partial charge in [0.1, 0.15) is 0 Å². The maximum atomic E-state index is 12.5. The van der Waals surface area contributed by atoms with E-state index in [2.05, 4.69) is 32.6 Å². The summed E-state index contributed by atoms with van der Waals surface area (Å²) in [6.07, 6.45) is 12.5. The first-order valence-corrected chi connectivity index (χ1v) is 8.88. The maximum absolute atomic E-state index is 12.5. The molecule has 0 aromatic carbocycles. The third kappa shape index (κ3) is 3.14. The minimum atomic E-state index is -0.327. The second kappa shape index (κ2) is 6.24. The second-order valence-electron chi connectivity index (χ2n) is 7.80. The molecule has 23 heavy (non-hydrogen) atoms. The van der Waals surface area contributed by atoms with Crippen LogP contribution in [0, 0.1) is 11.3 Å². The van der Waals surface area contributed by atoms with Gasteiger partial charge in [-0.2, -0.15) is 0 Å². The molecule has 0 aromatic heterocycles. The van der Waals surface area contributed by atoms with Gasteiger partial charge in [0.25, 0.3) is 0 Å². The molecule has 3 aliphatic carbocycles. The molecule has 124 valence electrons. The number of allylic oxidation sites excluding steroid dienone is 6. The lowest BCUT2D eigenvalue weighted by Gasteiger charge is -2.43. The lowest BCUT2D eigenvalue weighted by Crippen LogP contribution is -2.41. The molecule has 0 spiro atoms. The summed E-state index contributed by atoms with van der Waals surface area (Å²) in [5.74, 6) is 0.734. The summed E-state index contributed by atoms with van der Waals surface area (Å²) in [4.78, 5) is 12.5. The third-order valence-corrected chi connectivity index (χ3v) is 6.07. The van der Waals surface area contributed by atoms with Crippen LogP contribution in [0.3, 0.4) is 0 Å². The number of carbonyl (C=O) groups is 1. The van der Waals surface area contributed by atoms with E-state index < -0.39 is 0 Å². The number of aliphatic hydroxyl groups excluding tert-OH is 1. The Bertz CT molecular complexity index is 620. The Morgan fingerprint density at radius 2 is 2.17 bits per heavy atom. The van der Waals surface area contributed by atoms with Crippen LogP contribution in [-0.2, 0) is 4.79 Å². The highest BCUT2D eigenvalue weighted by atomic mass is 16.3. The molecule has 0 heterocycles. The molecule has 0 unspecified atom stereocenters. The minimum Gasteiger partial charge on any atom is -0.392 e. The zero-order valence-corrected chi connectivity index (χ0v) is 14.4. The van der Waals surface area contributed by atoms with Crippen LogP contribution in [-0.4, -0.2) is 17.0 Å². The Kier molecular flexibility index (Phi) is 4.46. The number of aliphatic hydroxyl groups is 1. The molecule has 0 aliphatic heterocycles. The molecule has 0 saturated heterocycles. The fraction of sp³-hybridized carbons (Fsp3) is 0.571. The van der Waals surface area contributed by atoms with E-state index in [1.807, 2.05) is 0 Å². The van der Waals surface area contributed by atoms with E-state index in [0.29, 0.717) is 12.3 Å². The highest BCUT2D eigenvalue weighted by Gasteiger charge is 2.43. The predicted octanol–water partition coefficient (Wildman–Crippen LogP) is 4.67. The molecule has 3 atom stereocenters. The molecule has 1 fully saturated rings. The van der Waals surface area contributed by atoms with Crippen molar-refractivity contribution in [3.8, 4) is 0 Å². The normalized spacial score (nSPS) is 36.3. The van der Waals surface area contributed by atoms with E-state index in [1.54, 1.807) is 6.08 Å². The number of ketones is 1. The van der Waals surface area contributed by atoms with Gasteiger partial charge in [-0.3, -0.25) is 4.79 Å². The quantitative estimate of drug-likeness (QED) is 0.594. The second-order valence-corrected chi connectivity index (χ2v) is 7.80. The van der Waals surface area contributed by atoms with Gasteiger partial charge in [0.05, 0.1) is 6.10 Å². The molecular formula is C21H28O2. The van der Waals surface area contributed by atoms with Crippen LogP contribution in [0.5, 0.6) is 0 Å². The molecular weight excluding hydrogens is 284 g/mol. The predicted molar refractivity (Wildman–Crippen MR) is 94.0 cm³/mol. The Hall–Kier alpha value is -1.41. The van der Waals surface area contributed by atoms with Gasteiger partial charge < -0.3 is 5.11 Å². The van der Waals surface area contributed by atoms with Crippen LogP contribution >= 0.6 is 0 Å². The van der Waals surface area contributed by atoms with Crippen molar-refractivity contribution in [1.82, 2.24) is 0 Å². The van der Waals surface area contributed by atoms with Crippen LogP contribution in [0.15, 0.2) is 47.1 Å². The zero-order valence-electron chi connectivity index (χ0n) is 14.4. The fourth-order valence-electron chi connectivity index (χ4n) is 4.29. The van der Waals surface area contributed by atoms with Crippen molar-refractivity contribution in [2.45, 2.75) is 64.9 Å². The fourth-order valence-corrected chi connectivity index (χ4v) is 4.29. The molecule has 0 amide bonds. The largest absolute Gasteiger partial charge is 0.392 e. The molecule has 0 radical (unpaired) electrons. The van der Waals surface area contributed by atoms with Gasteiger partial charge >= 0.3 is 0 Å². The van der Waals surface area contributed by atoms with Crippen molar-refractivity contribution >= 4 is 5.78 Å². The molecule has 0 aromatic rings. The Labute approximate surface area is 139 Å². The number of hydrogen-bond donors (Lipinski definition) is 1. The van der Waals surface area contributed by atoms with Gasteiger partial charge in [-0.05, 0) is 63.9 Å². The van der Waals surface area contributed by atoms with Crippen molar-refractivity contribution in [2.24, 2.45) is 11.3 Å². The van der Waals surface area contributed by atoms with Crippen molar-refractivity contribution < 1.29 is 9.90 Å². The van der Waals surface area contributed by atoms with Gasteiger partial charge in [0, 0.05) is 11.0 Å². The van der Waals surface area contributed by atoms with Crippen LogP contribution < -0.4 is 0 Å². The summed E-state index contributed by atoms with van der Waals surface area (Å²) in [7, 11) is 0. The van der Waals surface area contributed by atoms with E-state index in [-0.39, 0.29) is 17.3 Å². The van der Waals surface area contributed by atoms with Gasteiger partial charge in [-0.15, -0.1) is 0 Å². The molecule has 3 rings (SSSR count). The van der Waals surface area contributed by atoms with Gasteiger partial charge in [0.2, 0.25) is 0 Å². The average molecular weight is 312 g/mol. The van der Waals surface area contributed by atoms with Gasteiger partial charge in [-0.1, -0.05) is 42.4 Å². The van der Waals surface area contributed by atoms with Crippen LogP contribution in [0.2, 0.25) is 0 Å². The third-order valence-electron chi connectivity index (χ3n) is 6.07. The van der Waals surface area contributed by atoms with Gasteiger partial charge in [0.15, 0.2) is 5.78 Å². The van der Waals surface area contributed by atoms with E-state index in [0.717, 1.165) is 49.7 Å².